The van der Waals surface area contributed by atoms with E-state index in [0.717, 1.165) is 11.1 Å². The Morgan fingerprint density at radius 3 is 2.07 bits per heavy atom. The van der Waals surface area contributed by atoms with E-state index in [0.29, 0.717) is 12.2 Å². The van der Waals surface area contributed by atoms with Crippen LogP contribution >= 0.6 is 0 Å². The number of aryl methyl sites for hydroxylation is 1. The molecule has 0 aliphatic carbocycles. The molecule has 2 aromatic carbocycles. The number of aromatic nitrogens is 2. The Balaban J connectivity index is 1.71. The zero-order valence-electron chi connectivity index (χ0n) is 18.7. The number of H-pyrrole nitrogens is 1. The predicted octanol–water partition coefficient (Wildman–Crippen LogP) is 4.48. The Kier molecular flexibility index (Phi) is 5.75. The summed E-state index contributed by atoms with van der Waals surface area (Å²) in [6.07, 6.45) is 0. The van der Waals surface area contributed by atoms with Crippen molar-refractivity contribution in [2.24, 2.45) is 0 Å². The molecular formula is C25H31N3O2. The lowest BCUT2D eigenvalue weighted by Gasteiger charge is -2.27. The number of hydrogen-bond donors (Lipinski definition) is 2. The van der Waals surface area contributed by atoms with Crippen LogP contribution < -0.4 is 10.9 Å². The topological polar surface area (TPSA) is 66.9 Å². The SMILES string of the molecule is Cc1ccc(-n2[nH]c(C(=O)NCC(C)(C)c3ccc(C(C)(C)C)cc3)cc2=O)cc1. The van der Waals surface area contributed by atoms with E-state index in [2.05, 4.69) is 69.3 Å². The van der Waals surface area contributed by atoms with Crippen LogP contribution in [0.15, 0.2) is 59.4 Å². The van der Waals surface area contributed by atoms with Gasteiger partial charge in [-0.2, -0.15) is 0 Å². The monoisotopic (exact) mass is 405 g/mol. The van der Waals surface area contributed by atoms with Gasteiger partial charge in [-0.1, -0.05) is 76.6 Å². The number of rotatable bonds is 5. The highest BCUT2D eigenvalue weighted by Crippen LogP contribution is 2.27. The standard InChI is InChI=1S/C25H31N3O2/c1-17-7-13-20(14-8-17)28-22(29)15-21(27-28)23(30)26-16-25(5,6)19-11-9-18(10-12-19)24(2,3)4/h7-15,27H,16H2,1-6H3,(H,26,30). The number of nitrogens with one attached hydrogen (secondary N) is 2. The van der Waals surface area contributed by atoms with Crippen LogP contribution in [0.25, 0.3) is 5.69 Å². The molecule has 3 rings (SSSR count). The van der Waals surface area contributed by atoms with Gasteiger partial charge in [0.2, 0.25) is 0 Å². The average Bonchev–Trinajstić information content (AvgIpc) is 3.08. The maximum absolute atomic E-state index is 12.7. The summed E-state index contributed by atoms with van der Waals surface area (Å²) < 4.78 is 1.38. The van der Waals surface area contributed by atoms with Crippen molar-refractivity contribution in [1.82, 2.24) is 15.1 Å². The largest absolute Gasteiger partial charge is 0.350 e. The van der Waals surface area contributed by atoms with E-state index in [9.17, 15) is 9.59 Å². The minimum absolute atomic E-state index is 0.105. The zero-order valence-corrected chi connectivity index (χ0v) is 18.7. The number of carbonyl (C=O) groups is 1. The zero-order chi connectivity index (χ0) is 22.1. The molecule has 158 valence electrons. The van der Waals surface area contributed by atoms with E-state index < -0.39 is 0 Å². The van der Waals surface area contributed by atoms with E-state index in [4.69, 9.17) is 0 Å². The van der Waals surface area contributed by atoms with E-state index in [1.807, 2.05) is 31.2 Å². The molecule has 0 unspecified atom stereocenters. The lowest BCUT2D eigenvalue weighted by molar-refractivity contribution is 0.0940. The van der Waals surface area contributed by atoms with Crippen molar-refractivity contribution >= 4 is 5.91 Å². The molecule has 0 atom stereocenters. The van der Waals surface area contributed by atoms with Crippen LogP contribution in [0.4, 0.5) is 0 Å². The Labute approximate surface area is 178 Å². The van der Waals surface area contributed by atoms with E-state index in [1.165, 1.54) is 16.3 Å². The second kappa shape index (κ2) is 7.98. The number of hydrogen-bond acceptors (Lipinski definition) is 2. The summed E-state index contributed by atoms with van der Waals surface area (Å²) in [5.41, 5.74) is 4.08. The van der Waals surface area contributed by atoms with Crippen molar-refractivity contribution < 1.29 is 4.79 Å². The highest BCUT2D eigenvalue weighted by atomic mass is 16.2. The van der Waals surface area contributed by atoms with Gasteiger partial charge in [-0.15, -0.1) is 0 Å². The molecule has 1 heterocycles. The molecule has 0 saturated heterocycles. The highest BCUT2D eigenvalue weighted by Gasteiger charge is 2.23. The van der Waals surface area contributed by atoms with Gasteiger partial charge in [-0.25, -0.2) is 4.68 Å². The Bertz CT molecular complexity index is 1080. The van der Waals surface area contributed by atoms with Crippen molar-refractivity contribution in [2.75, 3.05) is 6.54 Å². The molecule has 1 amide bonds. The number of amides is 1. The summed E-state index contributed by atoms with van der Waals surface area (Å²) in [5.74, 6) is -0.294. The third kappa shape index (κ3) is 4.73. The third-order valence-electron chi connectivity index (χ3n) is 5.48. The molecule has 0 bridgehead atoms. The fraction of sp³-hybridized carbons (Fsp3) is 0.360. The minimum atomic E-state index is -0.294. The first-order valence-electron chi connectivity index (χ1n) is 10.3. The fourth-order valence-electron chi connectivity index (χ4n) is 3.32. The average molecular weight is 406 g/mol. The van der Waals surface area contributed by atoms with Crippen molar-refractivity contribution in [3.05, 3.63) is 87.3 Å². The van der Waals surface area contributed by atoms with Crippen LogP contribution in [-0.4, -0.2) is 22.2 Å². The molecule has 2 N–H and O–H groups in total. The quantitative estimate of drug-likeness (QED) is 0.657. The molecular weight excluding hydrogens is 374 g/mol. The number of nitrogens with zero attached hydrogens (tertiary/aromatic N) is 1. The first-order valence-corrected chi connectivity index (χ1v) is 10.3. The van der Waals surface area contributed by atoms with Crippen LogP contribution in [0.5, 0.6) is 0 Å². The fourth-order valence-corrected chi connectivity index (χ4v) is 3.32. The van der Waals surface area contributed by atoms with Crippen molar-refractivity contribution in [3.8, 4) is 5.69 Å². The second-order valence-electron chi connectivity index (χ2n) is 9.57. The van der Waals surface area contributed by atoms with Crippen LogP contribution in [0.2, 0.25) is 0 Å². The summed E-state index contributed by atoms with van der Waals surface area (Å²) >= 11 is 0. The van der Waals surface area contributed by atoms with Crippen molar-refractivity contribution in [3.63, 3.8) is 0 Å². The van der Waals surface area contributed by atoms with E-state index in [-0.39, 0.29) is 28.0 Å². The van der Waals surface area contributed by atoms with Crippen LogP contribution in [0, 0.1) is 6.92 Å². The third-order valence-corrected chi connectivity index (χ3v) is 5.48. The molecule has 30 heavy (non-hydrogen) atoms. The molecule has 1 aromatic heterocycles. The normalized spacial score (nSPS) is 12.1. The van der Waals surface area contributed by atoms with Gasteiger partial charge in [-0.05, 0) is 35.6 Å². The van der Waals surface area contributed by atoms with Gasteiger partial charge >= 0.3 is 0 Å². The van der Waals surface area contributed by atoms with Crippen molar-refractivity contribution in [1.29, 1.82) is 0 Å². The van der Waals surface area contributed by atoms with Gasteiger partial charge in [0.25, 0.3) is 11.5 Å². The van der Waals surface area contributed by atoms with Gasteiger partial charge in [0, 0.05) is 18.0 Å². The molecule has 0 aliphatic rings. The number of benzene rings is 2. The summed E-state index contributed by atoms with van der Waals surface area (Å²) in [6.45, 7) is 13.2. The maximum Gasteiger partial charge on any atom is 0.271 e. The summed E-state index contributed by atoms with van der Waals surface area (Å²) in [7, 11) is 0. The Morgan fingerprint density at radius 1 is 0.933 bits per heavy atom. The first-order chi connectivity index (χ1) is 14.0. The van der Waals surface area contributed by atoms with Crippen LogP contribution in [-0.2, 0) is 10.8 Å². The summed E-state index contributed by atoms with van der Waals surface area (Å²) in [5, 5.41) is 5.87. The van der Waals surface area contributed by atoms with Gasteiger partial charge in [0.1, 0.15) is 5.69 Å². The Hall–Kier alpha value is -3.08. The van der Waals surface area contributed by atoms with Crippen LogP contribution in [0.3, 0.4) is 0 Å². The smallest absolute Gasteiger partial charge is 0.271 e. The van der Waals surface area contributed by atoms with Crippen molar-refractivity contribution in [2.45, 2.75) is 52.4 Å². The van der Waals surface area contributed by atoms with Gasteiger partial charge in [0.15, 0.2) is 0 Å². The van der Waals surface area contributed by atoms with E-state index in [1.54, 1.807) is 0 Å². The lowest BCUT2D eigenvalue weighted by Crippen LogP contribution is -2.37. The molecule has 0 saturated carbocycles. The second-order valence-corrected chi connectivity index (χ2v) is 9.57. The predicted molar refractivity (Wildman–Crippen MR) is 122 cm³/mol. The molecule has 0 fully saturated rings. The maximum atomic E-state index is 12.7. The summed E-state index contributed by atoms with van der Waals surface area (Å²) in [4.78, 5) is 25.0. The van der Waals surface area contributed by atoms with Gasteiger partial charge in [-0.3, -0.25) is 14.7 Å². The first kappa shape index (κ1) is 21.6. The highest BCUT2D eigenvalue weighted by molar-refractivity contribution is 5.92. The Morgan fingerprint density at radius 2 is 1.50 bits per heavy atom. The van der Waals surface area contributed by atoms with E-state index >= 15 is 0 Å². The number of carbonyl (C=O) groups excluding carboxylic acids is 1. The molecule has 5 heteroatoms. The summed E-state index contributed by atoms with van der Waals surface area (Å²) in [6, 6.07) is 17.4. The molecule has 3 aromatic rings. The molecule has 0 spiro atoms. The molecule has 5 nitrogen and oxygen atoms in total. The van der Waals surface area contributed by atoms with Gasteiger partial charge in [0.05, 0.1) is 5.69 Å². The molecule has 0 aliphatic heterocycles. The lowest BCUT2D eigenvalue weighted by atomic mass is 9.81. The van der Waals surface area contributed by atoms with Crippen LogP contribution in [0.1, 0.15) is 61.8 Å². The minimum Gasteiger partial charge on any atom is -0.350 e. The number of aromatic amines is 1. The molecule has 0 radical (unpaired) electrons. The van der Waals surface area contributed by atoms with Gasteiger partial charge < -0.3 is 5.32 Å².